The van der Waals surface area contributed by atoms with Crippen LogP contribution in [-0.2, 0) is 6.42 Å². The number of halogens is 1. The molecule has 1 N–H and O–H groups in total. The van der Waals surface area contributed by atoms with Crippen LogP contribution < -0.4 is 10.1 Å². The van der Waals surface area contributed by atoms with E-state index in [0.717, 1.165) is 36.2 Å². The Kier molecular flexibility index (Phi) is 4.47. The molecule has 0 radical (unpaired) electrons. The molecule has 0 saturated carbocycles. The summed E-state index contributed by atoms with van der Waals surface area (Å²) < 4.78 is 6.97. The highest BCUT2D eigenvalue weighted by molar-refractivity contribution is 9.10. The maximum absolute atomic E-state index is 5.85. The number of nitrogens with one attached hydrogen (secondary N) is 1. The van der Waals surface area contributed by atoms with Gasteiger partial charge < -0.3 is 10.1 Å². The summed E-state index contributed by atoms with van der Waals surface area (Å²) in [5, 5.41) is 3.37. The van der Waals surface area contributed by atoms with Crippen LogP contribution in [-0.4, -0.2) is 19.2 Å². The van der Waals surface area contributed by atoms with Gasteiger partial charge in [0, 0.05) is 30.4 Å². The van der Waals surface area contributed by atoms with E-state index in [0.29, 0.717) is 0 Å². The number of rotatable bonds is 4. The van der Waals surface area contributed by atoms with Crippen molar-refractivity contribution in [2.45, 2.75) is 25.9 Å². The highest BCUT2D eigenvalue weighted by atomic mass is 79.9. The first-order chi connectivity index (χ1) is 8.29. The lowest BCUT2D eigenvalue weighted by Crippen LogP contribution is -2.30. The summed E-state index contributed by atoms with van der Waals surface area (Å²) >= 11 is 3.48. The van der Waals surface area contributed by atoms with Crippen molar-refractivity contribution < 1.29 is 4.74 Å². The Hall–Kier alpha value is -0.980. The molecule has 0 aromatic heterocycles. The second-order valence-corrected chi connectivity index (χ2v) is 4.99. The predicted molar refractivity (Wildman–Crippen MR) is 73.2 cm³/mol. The Labute approximate surface area is 111 Å². The summed E-state index contributed by atoms with van der Waals surface area (Å²) in [6.07, 6.45) is 2.15. The first-order valence-electron chi connectivity index (χ1n) is 5.85. The van der Waals surface area contributed by atoms with Crippen LogP contribution in [0, 0.1) is 11.8 Å². The monoisotopic (exact) mass is 293 g/mol. The lowest BCUT2D eigenvalue weighted by molar-refractivity contribution is 0.228. The van der Waals surface area contributed by atoms with Crippen LogP contribution in [0.1, 0.15) is 18.9 Å². The molecule has 0 saturated heterocycles. The third-order valence-electron chi connectivity index (χ3n) is 2.74. The molecule has 2 nitrogen and oxygen atoms in total. The number of fused-ring (bicyclic) bond motifs is 1. The van der Waals surface area contributed by atoms with E-state index in [4.69, 9.17) is 4.74 Å². The Morgan fingerprint density at radius 2 is 2.41 bits per heavy atom. The minimum absolute atomic E-state index is 0.258. The summed E-state index contributed by atoms with van der Waals surface area (Å²) in [6, 6.07) is 6.19. The minimum atomic E-state index is 0.258. The summed E-state index contributed by atoms with van der Waals surface area (Å²) in [5.74, 6) is 6.95. The number of benzene rings is 1. The molecule has 0 aliphatic carbocycles. The van der Waals surface area contributed by atoms with Gasteiger partial charge in [-0.1, -0.05) is 15.9 Å². The molecule has 0 fully saturated rings. The van der Waals surface area contributed by atoms with Gasteiger partial charge in [0.1, 0.15) is 11.9 Å². The minimum Gasteiger partial charge on any atom is -0.488 e. The third kappa shape index (κ3) is 3.49. The average molecular weight is 294 g/mol. The third-order valence-corrected chi connectivity index (χ3v) is 3.23. The quantitative estimate of drug-likeness (QED) is 0.681. The maximum Gasteiger partial charge on any atom is 0.123 e. The standard InChI is InChI=1S/C14H16BrNO/c1-2-3-4-7-16-10-13-9-11-8-12(15)5-6-14(11)17-13/h5-6,8,13,16H,4,7,9-10H2,1H3. The van der Waals surface area contributed by atoms with Crippen molar-refractivity contribution in [1.82, 2.24) is 5.32 Å². The van der Waals surface area contributed by atoms with Crippen LogP contribution in [0.5, 0.6) is 5.75 Å². The van der Waals surface area contributed by atoms with Crippen molar-refractivity contribution in [3.63, 3.8) is 0 Å². The largest absolute Gasteiger partial charge is 0.488 e. The van der Waals surface area contributed by atoms with Gasteiger partial charge in [0.2, 0.25) is 0 Å². The zero-order valence-electron chi connectivity index (χ0n) is 9.92. The second kappa shape index (κ2) is 6.09. The summed E-state index contributed by atoms with van der Waals surface area (Å²) in [7, 11) is 0. The molecule has 0 spiro atoms. The second-order valence-electron chi connectivity index (χ2n) is 4.08. The van der Waals surface area contributed by atoms with Gasteiger partial charge in [-0.25, -0.2) is 0 Å². The Balaban J connectivity index is 1.77. The summed E-state index contributed by atoms with van der Waals surface area (Å²) in [5.41, 5.74) is 1.29. The number of hydrogen-bond donors (Lipinski definition) is 1. The first-order valence-corrected chi connectivity index (χ1v) is 6.64. The fourth-order valence-corrected chi connectivity index (χ4v) is 2.35. The first kappa shape index (κ1) is 12.5. The Bertz CT molecular complexity index is 447. The smallest absolute Gasteiger partial charge is 0.123 e. The average Bonchev–Trinajstić information content (AvgIpc) is 2.70. The number of ether oxygens (including phenoxy) is 1. The summed E-state index contributed by atoms with van der Waals surface area (Å²) in [6.45, 7) is 3.69. The van der Waals surface area contributed by atoms with E-state index in [1.165, 1.54) is 5.56 Å². The van der Waals surface area contributed by atoms with Gasteiger partial charge in [-0.3, -0.25) is 0 Å². The van der Waals surface area contributed by atoms with Gasteiger partial charge in [0.25, 0.3) is 0 Å². The fourth-order valence-electron chi connectivity index (χ4n) is 1.94. The number of hydrogen-bond acceptors (Lipinski definition) is 2. The zero-order chi connectivity index (χ0) is 12.1. The van der Waals surface area contributed by atoms with Crippen LogP contribution in [0.3, 0.4) is 0 Å². The van der Waals surface area contributed by atoms with Crippen LogP contribution in [0.25, 0.3) is 0 Å². The molecule has 1 aliphatic heterocycles. The predicted octanol–water partition coefficient (Wildman–Crippen LogP) is 2.76. The molecule has 1 aliphatic rings. The van der Waals surface area contributed by atoms with Gasteiger partial charge in [-0.2, -0.15) is 0 Å². The highest BCUT2D eigenvalue weighted by Gasteiger charge is 2.22. The maximum atomic E-state index is 5.85. The lowest BCUT2D eigenvalue weighted by atomic mass is 10.1. The molecule has 0 amide bonds. The van der Waals surface area contributed by atoms with Crippen LogP contribution in [0.2, 0.25) is 0 Å². The van der Waals surface area contributed by atoms with E-state index >= 15 is 0 Å². The molecular weight excluding hydrogens is 278 g/mol. The van der Waals surface area contributed by atoms with E-state index < -0.39 is 0 Å². The van der Waals surface area contributed by atoms with Crippen LogP contribution >= 0.6 is 15.9 Å². The zero-order valence-corrected chi connectivity index (χ0v) is 11.5. The lowest BCUT2D eigenvalue weighted by Gasteiger charge is -2.10. The van der Waals surface area contributed by atoms with Gasteiger partial charge >= 0.3 is 0 Å². The van der Waals surface area contributed by atoms with Gasteiger partial charge in [-0.05, 0) is 30.7 Å². The molecule has 1 aromatic rings. The molecule has 1 unspecified atom stereocenters. The Morgan fingerprint density at radius 1 is 1.53 bits per heavy atom. The molecule has 1 heterocycles. The van der Waals surface area contributed by atoms with E-state index in [1.54, 1.807) is 0 Å². The highest BCUT2D eigenvalue weighted by Crippen LogP contribution is 2.30. The van der Waals surface area contributed by atoms with E-state index in [-0.39, 0.29) is 6.10 Å². The molecule has 2 rings (SSSR count). The van der Waals surface area contributed by atoms with Gasteiger partial charge in [0.05, 0.1) is 0 Å². The van der Waals surface area contributed by atoms with Crippen LogP contribution in [0.15, 0.2) is 22.7 Å². The van der Waals surface area contributed by atoms with Crippen molar-refractivity contribution in [3.05, 3.63) is 28.2 Å². The molecular formula is C14H16BrNO. The molecule has 17 heavy (non-hydrogen) atoms. The SMILES string of the molecule is CC#CCCNCC1Cc2cc(Br)ccc2O1. The summed E-state index contributed by atoms with van der Waals surface area (Å²) in [4.78, 5) is 0. The van der Waals surface area contributed by atoms with Crippen molar-refractivity contribution in [2.75, 3.05) is 13.1 Å². The topological polar surface area (TPSA) is 21.3 Å². The fraction of sp³-hybridized carbons (Fsp3) is 0.429. The van der Waals surface area contributed by atoms with Gasteiger partial charge in [0.15, 0.2) is 0 Å². The van der Waals surface area contributed by atoms with E-state index in [1.807, 2.05) is 19.1 Å². The van der Waals surface area contributed by atoms with Crippen molar-refractivity contribution >= 4 is 15.9 Å². The van der Waals surface area contributed by atoms with Gasteiger partial charge in [-0.15, -0.1) is 11.8 Å². The van der Waals surface area contributed by atoms with Crippen molar-refractivity contribution in [3.8, 4) is 17.6 Å². The van der Waals surface area contributed by atoms with E-state index in [9.17, 15) is 0 Å². The van der Waals surface area contributed by atoms with E-state index in [2.05, 4.69) is 39.2 Å². The normalized spacial score (nSPS) is 16.9. The van der Waals surface area contributed by atoms with Crippen molar-refractivity contribution in [2.24, 2.45) is 0 Å². The molecule has 90 valence electrons. The molecule has 3 heteroatoms. The molecule has 0 bridgehead atoms. The van der Waals surface area contributed by atoms with Crippen molar-refractivity contribution in [1.29, 1.82) is 0 Å². The Morgan fingerprint density at radius 3 is 3.24 bits per heavy atom. The van der Waals surface area contributed by atoms with Crippen LogP contribution in [0.4, 0.5) is 0 Å². The molecule has 1 atom stereocenters. The molecule has 1 aromatic carbocycles.